The number of alkyl halides is 1. The average molecular weight is 447 g/mol. The largest absolute Gasteiger partial charge is 0.463 e. The summed E-state index contributed by atoms with van der Waals surface area (Å²) in [6.45, 7) is 9.11. The van der Waals surface area contributed by atoms with Crippen molar-refractivity contribution in [2.45, 2.75) is 71.6 Å². The fraction of sp³-hybridized carbons (Fsp3) is 0.560. The number of hydrogen-bond donors (Lipinski definition) is 0. The quantitative estimate of drug-likeness (QED) is 0.148. The van der Waals surface area contributed by atoms with Crippen LogP contribution in [0.15, 0.2) is 36.7 Å². The van der Waals surface area contributed by atoms with Gasteiger partial charge in [-0.25, -0.2) is 9.97 Å². The Kier molecular flexibility index (Phi) is 10.8. The molecule has 5 nitrogen and oxygen atoms in total. The first-order valence-electron chi connectivity index (χ1n) is 11.4. The minimum absolute atomic E-state index is 0.0658. The Labute approximate surface area is 191 Å². The van der Waals surface area contributed by atoms with Gasteiger partial charge >= 0.3 is 12.0 Å². The molecule has 0 radical (unpaired) electrons. The Morgan fingerprint density at radius 3 is 2.26 bits per heavy atom. The molecule has 0 amide bonds. The standard InChI is InChI=1S/C25H35ClN2O3/c1-5-18(3)10-8-7-9-15-30-25-27-16-21(17-28-25)20-11-13-22(14-12-20)31-24(29)23(26)19(4)6-2/h11-14,16-19,23H,5-10,15H2,1-4H3. The molecule has 0 saturated heterocycles. The van der Waals surface area contributed by atoms with Crippen LogP contribution in [0.4, 0.5) is 0 Å². The summed E-state index contributed by atoms with van der Waals surface area (Å²) in [6.07, 6.45) is 10.3. The lowest BCUT2D eigenvalue weighted by Gasteiger charge is -2.15. The third-order valence-corrected chi connectivity index (χ3v) is 6.28. The maximum absolute atomic E-state index is 12.1. The van der Waals surface area contributed by atoms with Crippen molar-refractivity contribution in [1.29, 1.82) is 0 Å². The number of carbonyl (C=O) groups is 1. The zero-order valence-corrected chi connectivity index (χ0v) is 19.9. The van der Waals surface area contributed by atoms with Crippen LogP contribution in [0.1, 0.15) is 66.2 Å². The second-order valence-electron chi connectivity index (χ2n) is 8.20. The fourth-order valence-electron chi connectivity index (χ4n) is 3.01. The average Bonchev–Trinajstić information content (AvgIpc) is 2.80. The van der Waals surface area contributed by atoms with Crippen molar-refractivity contribution in [1.82, 2.24) is 9.97 Å². The smallest absolute Gasteiger partial charge is 0.329 e. The van der Waals surface area contributed by atoms with E-state index in [0.29, 0.717) is 18.4 Å². The van der Waals surface area contributed by atoms with Crippen molar-refractivity contribution in [2.75, 3.05) is 6.61 Å². The first-order chi connectivity index (χ1) is 14.9. The highest BCUT2D eigenvalue weighted by Crippen LogP contribution is 2.24. The first-order valence-corrected chi connectivity index (χ1v) is 11.8. The summed E-state index contributed by atoms with van der Waals surface area (Å²) in [5.41, 5.74) is 1.80. The number of unbranched alkanes of at least 4 members (excludes halogenated alkanes) is 2. The van der Waals surface area contributed by atoms with Gasteiger partial charge in [0.2, 0.25) is 0 Å². The van der Waals surface area contributed by atoms with Gasteiger partial charge < -0.3 is 9.47 Å². The van der Waals surface area contributed by atoms with Gasteiger partial charge in [0.25, 0.3) is 0 Å². The van der Waals surface area contributed by atoms with Crippen LogP contribution in [0.5, 0.6) is 11.8 Å². The van der Waals surface area contributed by atoms with Crippen LogP contribution in [0.25, 0.3) is 11.1 Å². The third kappa shape index (κ3) is 8.48. The topological polar surface area (TPSA) is 61.3 Å². The summed E-state index contributed by atoms with van der Waals surface area (Å²) in [5.74, 6) is 0.918. The van der Waals surface area contributed by atoms with E-state index in [1.165, 1.54) is 25.7 Å². The Bertz CT molecular complexity index is 780. The summed E-state index contributed by atoms with van der Waals surface area (Å²) < 4.78 is 11.0. The molecule has 0 bridgehead atoms. The monoisotopic (exact) mass is 446 g/mol. The summed E-state index contributed by atoms with van der Waals surface area (Å²) in [5, 5.41) is -0.648. The normalized spacial score (nSPS) is 14.0. The van der Waals surface area contributed by atoms with E-state index in [0.717, 1.165) is 29.9 Å². The van der Waals surface area contributed by atoms with Gasteiger partial charge in [-0.3, -0.25) is 4.79 Å². The minimum Gasteiger partial charge on any atom is -0.463 e. The Morgan fingerprint density at radius 1 is 0.968 bits per heavy atom. The molecule has 2 aromatic rings. The van der Waals surface area contributed by atoms with Crippen LogP contribution < -0.4 is 9.47 Å². The molecule has 0 aliphatic heterocycles. The number of esters is 1. The van der Waals surface area contributed by atoms with Crippen LogP contribution in [0.2, 0.25) is 0 Å². The van der Waals surface area contributed by atoms with Crippen molar-refractivity contribution < 1.29 is 14.3 Å². The van der Waals surface area contributed by atoms with Crippen molar-refractivity contribution >= 4 is 17.6 Å². The van der Waals surface area contributed by atoms with E-state index in [2.05, 4.69) is 23.8 Å². The van der Waals surface area contributed by atoms with E-state index in [4.69, 9.17) is 21.1 Å². The second kappa shape index (κ2) is 13.3. The first kappa shape index (κ1) is 25.1. The molecule has 1 aromatic carbocycles. The third-order valence-electron chi connectivity index (χ3n) is 5.67. The SMILES string of the molecule is CCC(C)CCCCCOc1ncc(-c2ccc(OC(=O)C(Cl)C(C)CC)cc2)cn1. The second-order valence-corrected chi connectivity index (χ2v) is 8.67. The summed E-state index contributed by atoms with van der Waals surface area (Å²) in [6, 6.07) is 7.63. The number of ether oxygens (including phenoxy) is 2. The lowest BCUT2D eigenvalue weighted by molar-refractivity contribution is -0.134. The molecule has 31 heavy (non-hydrogen) atoms. The zero-order chi connectivity index (χ0) is 22.6. The Balaban J connectivity index is 1.80. The van der Waals surface area contributed by atoms with Gasteiger partial charge in [0, 0.05) is 18.0 Å². The van der Waals surface area contributed by atoms with Crippen LogP contribution in [0.3, 0.4) is 0 Å². The van der Waals surface area contributed by atoms with Gasteiger partial charge in [0.1, 0.15) is 11.1 Å². The van der Waals surface area contributed by atoms with Crippen molar-refractivity contribution in [2.24, 2.45) is 11.8 Å². The number of benzene rings is 1. The van der Waals surface area contributed by atoms with Crippen molar-refractivity contribution in [3.05, 3.63) is 36.7 Å². The highest BCUT2D eigenvalue weighted by Gasteiger charge is 2.23. The maximum Gasteiger partial charge on any atom is 0.329 e. The Morgan fingerprint density at radius 2 is 1.65 bits per heavy atom. The van der Waals surface area contributed by atoms with Crippen LogP contribution in [0, 0.1) is 11.8 Å². The van der Waals surface area contributed by atoms with Gasteiger partial charge in [0.05, 0.1) is 6.61 Å². The van der Waals surface area contributed by atoms with E-state index in [9.17, 15) is 4.79 Å². The zero-order valence-electron chi connectivity index (χ0n) is 19.1. The number of carbonyl (C=O) groups excluding carboxylic acids is 1. The van der Waals surface area contributed by atoms with Crippen LogP contribution >= 0.6 is 11.6 Å². The Hall–Kier alpha value is -2.14. The molecule has 2 rings (SSSR count). The lowest BCUT2D eigenvalue weighted by Crippen LogP contribution is -2.26. The molecular formula is C25H35ClN2O3. The molecule has 0 spiro atoms. The number of hydrogen-bond acceptors (Lipinski definition) is 5. The molecule has 3 unspecified atom stereocenters. The van der Waals surface area contributed by atoms with Gasteiger partial charge in [-0.2, -0.15) is 0 Å². The molecule has 1 heterocycles. The van der Waals surface area contributed by atoms with Crippen molar-refractivity contribution in [3.63, 3.8) is 0 Å². The molecule has 3 atom stereocenters. The van der Waals surface area contributed by atoms with Crippen molar-refractivity contribution in [3.8, 4) is 22.9 Å². The molecule has 0 N–H and O–H groups in total. The summed E-state index contributed by atoms with van der Waals surface area (Å²) in [7, 11) is 0. The molecule has 0 fully saturated rings. The van der Waals surface area contributed by atoms with Crippen LogP contribution in [-0.2, 0) is 4.79 Å². The maximum atomic E-state index is 12.1. The van der Waals surface area contributed by atoms with Gasteiger partial charge in [0.15, 0.2) is 0 Å². The number of nitrogens with zero attached hydrogens (tertiary/aromatic N) is 2. The van der Waals surface area contributed by atoms with E-state index in [1.54, 1.807) is 24.5 Å². The molecule has 0 aliphatic carbocycles. The van der Waals surface area contributed by atoms with E-state index in [1.807, 2.05) is 26.0 Å². The van der Waals surface area contributed by atoms with Gasteiger partial charge in [-0.05, 0) is 36.0 Å². The van der Waals surface area contributed by atoms with Gasteiger partial charge in [-0.15, -0.1) is 11.6 Å². The van der Waals surface area contributed by atoms with E-state index in [-0.39, 0.29) is 5.92 Å². The molecule has 0 saturated carbocycles. The summed E-state index contributed by atoms with van der Waals surface area (Å²) in [4.78, 5) is 20.7. The van der Waals surface area contributed by atoms with E-state index < -0.39 is 11.3 Å². The minimum atomic E-state index is -0.648. The fourth-order valence-corrected chi connectivity index (χ4v) is 3.23. The molecule has 1 aromatic heterocycles. The predicted octanol–water partition coefficient (Wildman–Crippen LogP) is 6.69. The number of halogens is 1. The lowest BCUT2D eigenvalue weighted by atomic mass is 10.0. The predicted molar refractivity (Wildman–Crippen MR) is 126 cm³/mol. The number of rotatable bonds is 13. The molecule has 6 heteroatoms. The number of aromatic nitrogens is 2. The van der Waals surface area contributed by atoms with Crippen LogP contribution in [-0.4, -0.2) is 27.9 Å². The van der Waals surface area contributed by atoms with Gasteiger partial charge in [-0.1, -0.05) is 71.9 Å². The molecule has 0 aliphatic rings. The molecule has 170 valence electrons. The highest BCUT2D eigenvalue weighted by molar-refractivity contribution is 6.30. The summed E-state index contributed by atoms with van der Waals surface area (Å²) >= 11 is 6.15. The van der Waals surface area contributed by atoms with E-state index >= 15 is 0 Å². The highest BCUT2D eigenvalue weighted by atomic mass is 35.5. The molecular weight excluding hydrogens is 412 g/mol.